The molecule has 1 rings (SSSR count). The number of phenolic OH excluding ortho intramolecular Hbond substituents is 1. The molecule has 0 aliphatic rings. The van der Waals surface area contributed by atoms with E-state index in [1.54, 1.807) is 23.9 Å². The van der Waals surface area contributed by atoms with Crippen LogP contribution in [-0.2, 0) is 0 Å². The van der Waals surface area contributed by atoms with E-state index in [1.165, 1.54) is 0 Å². The zero-order valence-electron chi connectivity index (χ0n) is 5.96. The lowest BCUT2D eigenvalue weighted by Gasteiger charge is -1.98. The van der Waals surface area contributed by atoms with E-state index in [2.05, 4.69) is 15.9 Å². The summed E-state index contributed by atoms with van der Waals surface area (Å²) in [6.45, 7) is 0. The predicted octanol–water partition coefficient (Wildman–Crippen LogP) is 2.88. The molecule has 0 bridgehead atoms. The van der Waals surface area contributed by atoms with Gasteiger partial charge in [-0.3, -0.25) is 0 Å². The quantitative estimate of drug-likeness (QED) is 0.639. The lowest BCUT2D eigenvalue weighted by molar-refractivity contribution is 0.474. The molecule has 1 N–H and O–H groups in total. The Morgan fingerprint density at radius 3 is 2.91 bits per heavy atom. The van der Waals surface area contributed by atoms with Crippen molar-refractivity contribution in [2.24, 2.45) is 0 Å². The Balaban J connectivity index is 2.56. The first kappa shape index (κ1) is 8.94. The fourth-order valence-electron chi connectivity index (χ4n) is 0.730. The van der Waals surface area contributed by atoms with Crippen molar-refractivity contribution < 1.29 is 5.11 Å². The van der Waals surface area contributed by atoms with Crippen LogP contribution >= 0.6 is 27.7 Å². The number of hydrogen-bond donors (Lipinski definition) is 1. The highest BCUT2D eigenvalue weighted by Gasteiger charge is 1.93. The van der Waals surface area contributed by atoms with Crippen molar-refractivity contribution in [3.05, 3.63) is 24.3 Å². The minimum absolute atomic E-state index is 0.338. The highest BCUT2D eigenvalue weighted by molar-refractivity contribution is 9.09. The summed E-state index contributed by atoms with van der Waals surface area (Å²) in [5, 5.41) is 10.1. The molecule has 0 atom stereocenters. The third kappa shape index (κ3) is 3.16. The normalized spacial score (nSPS) is 9.91. The van der Waals surface area contributed by atoms with E-state index in [0.717, 1.165) is 16.0 Å². The third-order valence-electron chi connectivity index (χ3n) is 1.16. The van der Waals surface area contributed by atoms with Gasteiger partial charge >= 0.3 is 0 Å². The summed E-state index contributed by atoms with van der Waals surface area (Å²) >= 11 is 5.07. The van der Waals surface area contributed by atoms with Crippen molar-refractivity contribution in [1.82, 2.24) is 0 Å². The van der Waals surface area contributed by atoms with Gasteiger partial charge in [0.1, 0.15) is 5.75 Å². The van der Waals surface area contributed by atoms with E-state index < -0.39 is 0 Å². The first-order chi connectivity index (χ1) is 5.33. The van der Waals surface area contributed by atoms with Gasteiger partial charge in [0.15, 0.2) is 0 Å². The van der Waals surface area contributed by atoms with Crippen molar-refractivity contribution in [3.63, 3.8) is 0 Å². The predicted molar refractivity (Wildman–Crippen MR) is 52.6 cm³/mol. The molecule has 0 aliphatic carbocycles. The number of thioether (sulfide) groups is 1. The number of rotatable bonds is 3. The van der Waals surface area contributed by atoms with Crippen molar-refractivity contribution in [3.8, 4) is 5.75 Å². The number of aromatic hydroxyl groups is 1. The molecular formula is C8H9BrOS. The highest BCUT2D eigenvalue weighted by atomic mass is 79.9. The maximum absolute atomic E-state index is 9.09. The lowest BCUT2D eigenvalue weighted by Crippen LogP contribution is -1.77. The second-order valence-electron chi connectivity index (χ2n) is 2.03. The monoisotopic (exact) mass is 232 g/mol. The van der Waals surface area contributed by atoms with Crippen molar-refractivity contribution in [1.29, 1.82) is 0 Å². The standard InChI is InChI=1S/C8H9BrOS/c9-4-5-11-8-3-1-2-7(10)6-8/h1-3,6,10H,4-5H2. The Morgan fingerprint density at radius 1 is 1.45 bits per heavy atom. The molecule has 1 aromatic rings. The summed E-state index contributed by atoms with van der Waals surface area (Å²) in [7, 11) is 0. The van der Waals surface area contributed by atoms with E-state index in [1.807, 2.05) is 12.1 Å². The van der Waals surface area contributed by atoms with Gasteiger partial charge in [0.25, 0.3) is 0 Å². The molecular weight excluding hydrogens is 224 g/mol. The van der Waals surface area contributed by atoms with E-state index in [9.17, 15) is 0 Å². The molecule has 0 unspecified atom stereocenters. The highest BCUT2D eigenvalue weighted by Crippen LogP contribution is 2.21. The Labute approximate surface area is 78.9 Å². The van der Waals surface area contributed by atoms with Gasteiger partial charge in [0.05, 0.1) is 0 Å². The summed E-state index contributed by atoms with van der Waals surface area (Å²) in [4.78, 5) is 1.12. The molecule has 60 valence electrons. The van der Waals surface area contributed by atoms with Crippen LogP contribution in [-0.4, -0.2) is 16.2 Å². The van der Waals surface area contributed by atoms with Crippen LogP contribution in [0.1, 0.15) is 0 Å². The van der Waals surface area contributed by atoms with Crippen LogP contribution in [0, 0.1) is 0 Å². The van der Waals surface area contributed by atoms with Gasteiger partial charge in [0.2, 0.25) is 0 Å². The minimum Gasteiger partial charge on any atom is -0.508 e. The number of halogens is 1. The number of phenols is 1. The van der Waals surface area contributed by atoms with Gasteiger partial charge in [-0.2, -0.15) is 0 Å². The number of benzene rings is 1. The summed E-state index contributed by atoms with van der Waals surface area (Å²) in [5.74, 6) is 1.37. The molecule has 1 aromatic carbocycles. The Bertz CT molecular complexity index is 227. The average molecular weight is 233 g/mol. The van der Waals surface area contributed by atoms with Gasteiger partial charge in [-0.1, -0.05) is 22.0 Å². The van der Waals surface area contributed by atoms with Crippen molar-refractivity contribution in [2.45, 2.75) is 4.90 Å². The molecule has 0 radical (unpaired) electrons. The molecule has 0 fully saturated rings. The summed E-state index contributed by atoms with van der Waals surface area (Å²) in [6, 6.07) is 7.30. The number of hydrogen-bond acceptors (Lipinski definition) is 2. The second-order valence-corrected chi connectivity index (χ2v) is 4.00. The Kier molecular flexibility index (Phi) is 3.80. The fourth-order valence-corrected chi connectivity index (χ4v) is 1.91. The first-order valence-corrected chi connectivity index (χ1v) is 5.41. The summed E-state index contributed by atoms with van der Waals surface area (Å²) in [5.41, 5.74) is 0. The molecule has 0 saturated heterocycles. The van der Waals surface area contributed by atoms with Gasteiger partial charge in [-0.05, 0) is 18.2 Å². The van der Waals surface area contributed by atoms with Crippen LogP contribution in [0.15, 0.2) is 29.2 Å². The fraction of sp³-hybridized carbons (Fsp3) is 0.250. The maximum atomic E-state index is 9.09. The third-order valence-corrected chi connectivity index (χ3v) is 3.08. The van der Waals surface area contributed by atoms with Gasteiger partial charge < -0.3 is 5.11 Å². The topological polar surface area (TPSA) is 20.2 Å². The Morgan fingerprint density at radius 2 is 2.27 bits per heavy atom. The second kappa shape index (κ2) is 4.67. The van der Waals surface area contributed by atoms with Crippen LogP contribution in [0.2, 0.25) is 0 Å². The largest absolute Gasteiger partial charge is 0.508 e. The molecule has 1 nitrogen and oxygen atoms in total. The smallest absolute Gasteiger partial charge is 0.116 e. The summed E-state index contributed by atoms with van der Waals surface area (Å²) < 4.78 is 0. The van der Waals surface area contributed by atoms with E-state index in [-0.39, 0.29) is 0 Å². The zero-order chi connectivity index (χ0) is 8.10. The molecule has 11 heavy (non-hydrogen) atoms. The number of alkyl halides is 1. The minimum atomic E-state index is 0.338. The zero-order valence-corrected chi connectivity index (χ0v) is 8.36. The van der Waals surface area contributed by atoms with Crippen LogP contribution < -0.4 is 0 Å². The Hall–Kier alpha value is -0.150. The average Bonchev–Trinajstić information content (AvgIpc) is 2.01. The van der Waals surface area contributed by atoms with E-state index in [4.69, 9.17) is 5.11 Å². The maximum Gasteiger partial charge on any atom is 0.116 e. The molecule has 3 heteroatoms. The SMILES string of the molecule is Oc1cccc(SCCBr)c1. The van der Waals surface area contributed by atoms with Crippen molar-refractivity contribution >= 4 is 27.7 Å². The van der Waals surface area contributed by atoms with Crippen LogP contribution in [0.5, 0.6) is 5.75 Å². The van der Waals surface area contributed by atoms with Crippen LogP contribution in [0.4, 0.5) is 0 Å². The van der Waals surface area contributed by atoms with Gasteiger partial charge in [-0.15, -0.1) is 11.8 Å². The molecule has 0 aromatic heterocycles. The molecule has 0 aliphatic heterocycles. The van der Waals surface area contributed by atoms with E-state index in [0.29, 0.717) is 5.75 Å². The summed E-state index contributed by atoms with van der Waals surface area (Å²) in [6.07, 6.45) is 0. The van der Waals surface area contributed by atoms with Crippen LogP contribution in [0.25, 0.3) is 0 Å². The van der Waals surface area contributed by atoms with Crippen molar-refractivity contribution in [2.75, 3.05) is 11.1 Å². The molecule has 0 spiro atoms. The first-order valence-electron chi connectivity index (χ1n) is 3.31. The molecule has 0 amide bonds. The van der Waals surface area contributed by atoms with Gasteiger partial charge in [0, 0.05) is 16.0 Å². The van der Waals surface area contributed by atoms with Crippen LogP contribution in [0.3, 0.4) is 0 Å². The van der Waals surface area contributed by atoms with E-state index >= 15 is 0 Å². The molecule has 0 heterocycles. The lowest BCUT2D eigenvalue weighted by atomic mass is 10.3. The molecule has 0 saturated carbocycles. The van der Waals surface area contributed by atoms with Gasteiger partial charge in [-0.25, -0.2) is 0 Å².